The number of sulfone groups is 1. The second-order valence-corrected chi connectivity index (χ2v) is 10.3. The van der Waals surface area contributed by atoms with Crippen LogP contribution in [0.2, 0.25) is 0 Å². The molecule has 0 saturated heterocycles. The van der Waals surface area contributed by atoms with E-state index in [2.05, 4.69) is 10.5 Å². The van der Waals surface area contributed by atoms with E-state index in [0.29, 0.717) is 18.6 Å². The van der Waals surface area contributed by atoms with Gasteiger partial charge in [-0.2, -0.15) is 0 Å². The van der Waals surface area contributed by atoms with Gasteiger partial charge >= 0.3 is 0 Å². The third kappa shape index (κ3) is 3.35. The zero-order chi connectivity index (χ0) is 18.2. The molecule has 1 saturated carbocycles. The van der Waals surface area contributed by atoms with Crippen LogP contribution in [0, 0.1) is 0 Å². The first kappa shape index (κ1) is 18.9. The molecule has 0 spiro atoms. The third-order valence-electron chi connectivity index (χ3n) is 4.81. The van der Waals surface area contributed by atoms with E-state index in [-0.39, 0.29) is 12.4 Å². The smallest absolute Gasteiger partial charge is 0.246 e. The van der Waals surface area contributed by atoms with Crippen molar-refractivity contribution in [2.75, 3.05) is 11.9 Å². The van der Waals surface area contributed by atoms with Gasteiger partial charge in [0.1, 0.15) is 10.5 Å². The molecule has 7 nitrogen and oxygen atoms in total. The summed E-state index contributed by atoms with van der Waals surface area (Å²) in [6, 6.07) is 1.51. The van der Waals surface area contributed by atoms with Gasteiger partial charge in [-0.1, -0.05) is 31.8 Å². The van der Waals surface area contributed by atoms with Crippen molar-refractivity contribution >= 4 is 21.6 Å². The number of nitrogens with zero attached hydrogens (tertiary/aromatic N) is 1. The Morgan fingerprint density at radius 3 is 2.46 bits per heavy atom. The molecule has 1 aliphatic carbocycles. The Bertz CT molecular complexity index is 700. The molecule has 0 bridgehead atoms. The Morgan fingerprint density at radius 2 is 1.92 bits per heavy atom. The van der Waals surface area contributed by atoms with Gasteiger partial charge in [-0.05, 0) is 26.7 Å². The largest absolute Gasteiger partial charge is 0.395 e. The number of amides is 1. The minimum Gasteiger partial charge on any atom is -0.395 e. The highest BCUT2D eigenvalue weighted by Gasteiger charge is 2.47. The van der Waals surface area contributed by atoms with E-state index in [1.807, 2.05) is 0 Å². The van der Waals surface area contributed by atoms with Crippen molar-refractivity contribution in [1.82, 2.24) is 5.16 Å². The van der Waals surface area contributed by atoms with Gasteiger partial charge in [0, 0.05) is 11.5 Å². The lowest BCUT2D eigenvalue weighted by molar-refractivity contribution is -0.117. The Hall–Kier alpha value is -1.41. The summed E-state index contributed by atoms with van der Waals surface area (Å²) in [5.74, 6) is -0.0703. The molecule has 0 radical (unpaired) electrons. The SMILES string of the molecule is CC(C)(CO)c1cc(NC(=O)C(C)(C)S(=O)(=O)C2CCCC2)no1. The molecule has 1 aromatic rings. The van der Waals surface area contributed by atoms with Crippen LogP contribution in [0.3, 0.4) is 0 Å². The van der Waals surface area contributed by atoms with E-state index in [9.17, 15) is 18.3 Å². The molecule has 0 aromatic carbocycles. The first-order chi connectivity index (χ1) is 11.0. The maximum absolute atomic E-state index is 12.8. The number of aliphatic hydroxyl groups excluding tert-OH is 1. The number of nitrogens with one attached hydrogen (secondary N) is 1. The molecular formula is C16H26N2O5S. The number of aliphatic hydroxyl groups is 1. The van der Waals surface area contributed by atoms with Gasteiger partial charge in [-0.3, -0.25) is 4.79 Å². The quantitative estimate of drug-likeness (QED) is 0.805. The van der Waals surface area contributed by atoms with Crippen LogP contribution < -0.4 is 5.32 Å². The molecule has 0 aliphatic heterocycles. The molecule has 8 heteroatoms. The highest BCUT2D eigenvalue weighted by molar-refractivity contribution is 7.94. The van der Waals surface area contributed by atoms with Gasteiger partial charge in [-0.25, -0.2) is 8.42 Å². The summed E-state index contributed by atoms with van der Waals surface area (Å²) in [4.78, 5) is 12.5. The lowest BCUT2D eigenvalue weighted by atomic mass is 9.92. The normalized spacial score (nSPS) is 17.2. The Kier molecular flexibility index (Phi) is 5.11. The first-order valence-corrected chi connectivity index (χ1v) is 9.70. The number of hydrogen-bond donors (Lipinski definition) is 2. The van der Waals surface area contributed by atoms with Crippen LogP contribution in [-0.4, -0.2) is 41.2 Å². The Labute approximate surface area is 142 Å². The minimum atomic E-state index is -3.59. The molecule has 2 N–H and O–H groups in total. The van der Waals surface area contributed by atoms with E-state index in [1.54, 1.807) is 13.8 Å². The average Bonchev–Trinajstić information content (AvgIpc) is 3.18. The van der Waals surface area contributed by atoms with Crippen LogP contribution >= 0.6 is 0 Å². The zero-order valence-corrected chi connectivity index (χ0v) is 15.4. The summed E-state index contributed by atoms with van der Waals surface area (Å²) in [6.45, 7) is 6.25. The van der Waals surface area contributed by atoms with Gasteiger partial charge in [0.2, 0.25) is 5.91 Å². The number of anilines is 1. The van der Waals surface area contributed by atoms with Crippen molar-refractivity contribution in [3.8, 4) is 0 Å². The molecule has 0 unspecified atom stereocenters. The van der Waals surface area contributed by atoms with E-state index in [0.717, 1.165) is 12.8 Å². The van der Waals surface area contributed by atoms with Gasteiger partial charge in [-0.15, -0.1) is 0 Å². The van der Waals surface area contributed by atoms with Gasteiger partial charge in [0.15, 0.2) is 15.7 Å². The number of carbonyl (C=O) groups is 1. The first-order valence-electron chi connectivity index (χ1n) is 8.15. The summed E-state index contributed by atoms with van der Waals surface area (Å²) in [5, 5.41) is 15.2. The predicted molar refractivity (Wildman–Crippen MR) is 90.5 cm³/mol. The van der Waals surface area contributed by atoms with Gasteiger partial charge < -0.3 is 14.9 Å². The molecule has 136 valence electrons. The fourth-order valence-electron chi connectivity index (χ4n) is 2.74. The summed E-state index contributed by atoms with van der Waals surface area (Å²) < 4.78 is 29.1. The molecule has 1 fully saturated rings. The maximum Gasteiger partial charge on any atom is 0.246 e. The number of hydrogen-bond acceptors (Lipinski definition) is 6. The van der Waals surface area contributed by atoms with Crippen molar-refractivity contribution in [1.29, 1.82) is 0 Å². The van der Waals surface area contributed by atoms with Gasteiger partial charge in [0.05, 0.1) is 11.9 Å². The molecule has 2 rings (SSSR count). The van der Waals surface area contributed by atoms with Crippen molar-refractivity contribution in [2.24, 2.45) is 0 Å². The number of carbonyl (C=O) groups excluding carboxylic acids is 1. The highest BCUT2D eigenvalue weighted by Crippen LogP contribution is 2.33. The third-order valence-corrected chi connectivity index (χ3v) is 7.77. The second-order valence-electron chi connectivity index (χ2n) is 7.53. The van der Waals surface area contributed by atoms with Crippen LogP contribution in [0.4, 0.5) is 5.82 Å². The van der Waals surface area contributed by atoms with Crippen molar-refractivity contribution in [2.45, 2.75) is 68.8 Å². The maximum atomic E-state index is 12.8. The number of aromatic nitrogens is 1. The Morgan fingerprint density at radius 1 is 1.33 bits per heavy atom. The van der Waals surface area contributed by atoms with E-state index < -0.39 is 31.2 Å². The molecule has 1 heterocycles. The van der Waals surface area contributed by atoms with E-state index >= 15 is 0 Å². The van der Waals surface area contributed by atoms with E-state index in [1.165, 1.54) is 19.9 Å². The molecule has 24 heavy (non-hydrogen) atoms. The zero-order valence-electron chi connectivity index (χ0n) is 14.6. The monoisotopic (exact) mass is 358 g/mol. The van der Waals surface area contributed by atoms with Crippen LogP contribution in [0.15, 0.2) is 10.6 Å². The minimum absolute atomic E-state index is 0.142. The molecular weight excluding hydrogens is 332 g/mol. The van der Waals surface area contributed by atoms with Crippen LogP contribution in [0.25, 0.3) is 0 Å². The second kappa shape index (κ2) is 6.48. The number of rotatable bonds is 6. The standard InChI is InChI=1S/C16H26N2O5S/c1-15(2,10-19)12-9-13(18-23-12)17-14(20)16(3,4)24(21,22)11-7-5-6-8-11/h9,11,19H,5-8,10H2,1-4H3,(H,17,18,20). The lowest BCUT2D eigenvalue weighted by Crippen LogP contribution is -2.48. The summed E-state index contributed by atoms with van der Waals surface area (Å²) in [7, 11) is -3.59. The van der Waals surface area contributed by atoms with Crippen molar-refractivity contribution in [3.05, 3.63) is 11.8 Å². The molecule has 1 amide bonds. The van der Waals surface area contributed by atoms with Crippen LogP contribution in [-0.2, 0) is 20.0 Å². The predicted octanol–water partition coefficient (Wildman–Crippen LogP) is 2.02. The van der Waals surface area contributed by atoms with E-state index in [4.69, 9.17) is 4.52 Å². The molecule has 0 atom stereocenters. The fourth-order valence-corrected chi connectivity index (χ4v) is 4.84. The molecule has 1 aromatic heterocycles. The Balaban J connectivity index is 2.16. The van der Waals surface area contributed by atoms with Crippen LogP contribution in [0.1, 0.15) is 59.1 Å². The van der Waals surface area contributed by atoms with Crippen LogP contribution in [0.5, 0.6) is 0 Å². The highest BCUT2D eigenvalue weighted by atomic mass is 32.2. The molecule has 1 aliphatic rings. The summed E-state index contributed by atoms with van der Waals surface area (Å²) in [5.41, 5.74) is -0.637. The summed E-state index contributed by atoms with van der Waals surface area (Å²) in [6.07, 6.45) is 2.98. The van der Waals surface area contributed by atoms with Gasteiger partial charge in [0.25, 0.3) is 0 Å². The summed E-state index contributed by atoms with van der Waals surface area (Å²) >= 11 is 0. The lowest BCUT2D eigenvalue weighted by Gasteiger charge is -2.26. The topological polar surface area (TPSA) is 110 Å². The average molecular weight is 358 g/mol. The van der Waals surface area contributed by atoms with Crippen molar-refractivity contribution in [3.63, 3.8) is 0 Å². The van der Waals surface area contributed by atoms with Crippen molar-refractivity contribution < 1.29 is 22.8 Å². The fraction of sp³-hybridized carbons (Fsp3) is 0.750.